The van der Waals surface area contributed by atoms with Gasteiger partial charge >= 0.3 is 0 Å². The molecule has 1 aromatic carbocycles. The number of amides is 2. The van der Waals surface area contributed by atoms with E-state index in [1.807, 2.05) is 13.8 Å². The average molecular weight is 346 g/mol. The molecule has 25 heavy (non-hydrogen) atoms. The molecule has 0 spiro atoms. The van der Waals surface area contributed by atoms with Crippen LogP contribution in [0.2, 0.25) is 0 Å². The van der Waals surface area contributed by atoms with Gasteiger partial charge in [-0.2, -0.15) is 5.26 Å². The van der Waals surface area contributed by atoms with Gasteiger partial charge in [-0.1, -0.05) is 19.9 Å². The summed E-state index contributed by atoms with van der Waals surface area (Å²) < 4.78 is 5.11. The van der Waals surface area contributed by atoms with Gasteiger partial charge in [-0.15, -0.1) is 0 Å². The quantitative estimate of drug-likeness (QED) is 0.746. The second-order valence-electron chi connectivity index (χ2n) is 6.47. The molecule has 0 radical (unpaired) electrons. The van der Waals surface area contributed by atoms with Crippen molar-refractivity contribution < 1.29 is 14.3 Å². The van der Waals surface area contributed by atoms with Crippen molar-refractivity contribution in [2.24, 2.45) is 5.92 Å². The molecule has 0 aliphatic rings. The van der Waals surface area contributed by atoms with Crippen molar-refractivity contribution in [1.82, 2.24) is 10.2 Å². The van der Waals surface area contributed by atoms with E-state index < -0.39 is 5.54 Å². The van der Waals surface area contributed by atoms with Crippen molar-refractivity contribution in [1.29, 1.82) is 5.26 Å². The first-order chi connectivity index (χ1) is 11.7. The summed E-state index contributed by atoms with van der Waals surface area (Å²) in [5.41, 5.74) is -0.306. The van der Waals surface area contributed by atoms with Crippen LogP contribution in [0.5, 0.6) is 5.75 Å². The third-order valence-corrected chi connectivity index (χ3v) is 3.97. The van der Waals surface area contributed by atoms with E-state index in [1.165, 1.54) is 0 Å². The van der Waals surface area contributed by atoms with Crippen LogP contribution in [0, 0.1) is 17.2 Å². The number of hydrogen-bond donors (Lipinski definition) is 2. The molecule has 0 aromatic heterocycles. The van der Waals surface area contributed by atoms with Crippen LogP contribution >= 0.6 is 0 Å². The van der Waals surface area contributed by atoms with Crippen LogP contribution in [0.1, 0.15) is 20.8 Å². The molecule has 1 rings (SSSR count). The third kappa shape index (κ3) is 6.43. The molecule has 0 aliphatic heterocycles. The maximum atomic E-state index is 12.1. The number of methoxy groups -OCH3 is 1. The highest BCUT2D eigenvalue weighted by molar-refractivity contribution is 5.92. The van der Waals surface area contributed by atoms with Crippen LogP contribution in [0.3, 0.4) is 0 Å². The Morgan fingerprint density at radius 1 is 1.32 bits per heavy atom. The number of likely N-dealkylation sites (N-methyl/N-ethyl adjacent to an activating group) is 1. The maximum absolute atomic E-state index is 12.1. The molecular formula is C18H26N4O3. The summed E-state index contributed by atoms with van der Waals surface area (Å²) in [6.45, 7) is 5.50. The molecule has 1 atom stereocenters. The molecule has 0 heterocycles. The molecule has 0 fully saturated rings. The molecule has 2 amide bonds. The Morgan fingerprint density at radius 3 is 2.52 bits per heavy atom. The number of nitrogens with zero attached hydrogens (tertiary/aromatic N) is 2. The Balaban J connectivity index is 2.52. The van der Waals surface area contributed by atoms with Gasteiger partial charge in [-0.05, 0) is 32.0 Å². The van der Waals surface area contributed by atoms with Gasteiger partial charge < -0.3 is 15.4 Å². The molecule has 7 nitrogen and oxygen atoms in total. The van der Waals surface area contributed by atoms with Crippen molar-refractivity contribution in [3.63, 3.8) is 0 Å². The van der Waals surface area contributed by atoms with Gasteiger partial charge in [0.25, 0.3) is 0 Å². The van der Waals surface area contributed by atoms with Gasteiger partial charge in [-0.3, -0.25) is 14.5 Å². The number of nitrogens with one attached hydrogen (secondary N) is 2. The number of carbonyl (C=O) groups excluding carboxylic acids is 2. The highest BCUT2D eigenvalue weighted by Crippen LogP contribution is 2.17. The molecule has 0 aliphatic carbocycles. The molecule has 136 valence electrons. The number of benzene rings is 1. The average Bonchev–Trinajstić information content (AvgIpc) is 2.54. The zero-order valence-corrected chi connectivity index (χ0v) is 15.4. The number of anilines is 1. The van der Waals surface area contributed by atoms with E-state index in [-0.39, 0.29) is 30.8 Å². The Bertz CT molecular complexity index is 654. The smallest absolute Gasteiger partial charge is 0.238 e. The van der Waals surface area contributed by atoms with Gasteiger partial charge in [0, 0.05) is 11.8 Å². The molecule has 1 aromatic rings. The van der Waals surface area contributed by atoms with Crippen molar-refractivity contribution in [2.45, 2.75) is 26.3 Å². The first kappa shape index (κ1) is 20.5. The molecule has 7 heteroatoms. The second-order valence-corrected chi connectivity index (χ2v) is 6.47. The van der Waals surface area contributed by atoms with Crippen molar-refractivity contribution in [2.75, 3.05) is 32.6 Å². The zero-order chi connectivity index (χ0) is 19.0. The summed E-state index contributed by atoms with van der Waals surface area (Å²) in [7, 11) is 3.23. The van der Waals surface area contributed by atoms with Crippen LogP contribution in [-0.2, 0) is 9.59 Å². The topological polar surface area (TPSA) is 94.5 Å². The summed E-state index contributed by atoms with van der Waals surface area (Å²) in [5, 5.41) is 14.7. The van der Waals surface area contributed by atoms with Crippen LogP contribution < -0.4 is 15.4 Å². The Morgan fingerprint density at radius 2 is 1.96 bits per heavy atom. The predicted molar refractivity (Wildman–Crippen MR) is 96.1 cm³/mol. The second kappa shape index (κ2) is 9.04. The fourth-order valence-corrected chi connectivity index (χ4v) is 2.08. The lowest BCUT2D eigenvalue weighted by Gasteiger charge is -2.28. The highest BCUT2D eigenvalue weighted by atomic mass is 16.5. The summed E-state index contributed by atoms with van der Waals surface area (Å²) >= 11 is 0. The van der Waals surface area contributed by atoms with E-state index in [2.05, 4.69) is 16.7 Å². The minimum Gasteiger partial charge on any atom is -0.497 e. The van der Waals surface area contributed by atoms with Crippen molar-refractivity contribution >= 4 is 17.5 Å². The van der Waals surface area contributed by atoms with E-state index in [9.17, 15) is 14.9 Å². The number of hydrogen-bond acceptors (Lipinski definition) is 5. The van der Waals surface area contributed by atoms with E-state index in [1.54, 1.807) is 50.2 Å². The number of nitriles is 1. The summed E-state index contributed by atoms with van der Waals surface area (Å²) in [5.74, 6) is 0.0861. The van der Waals surface area contributed by atoms with Crippen LogP contribution in [0.4, 0.5) is 5.69 Å². The minimum absolute atomic E-state index is 0.0233. The fourth-order valence-electron chi connectivity index (χ4n) is 2.08. The lowest BCUT2D eigenvalue weighted by molar-refractivity contribution is -0.124. The van der Waals surface area contributed by atoms with Crippen LogP contribution in [0.15, 0.2) is 24.3 Å². The van der Waals surface area contributed by atoms with Crippen molar-refractivity contribution in [3.8, 4) is 11.8 Å². The maximum Gasteiger partial charge on any atom is 0.238 e. The predicted octanol–water partition coefficient (Wildman–Crippen LogP) is 1.62. The number of rotatable bonds is 8. The summed E-state index contributed by atoms with van der Waals surface area (Å²) in [6.07, 6.45) is 0. The number of carbonyl (C=O) groups is 2. The van der Waals surface area contributed by atoms with Gasteiger partial charge in [0.1, 0.15) is 11.3 Å². The van der Waals surface area contributed by atoms with Crippen LogP contribution in [-0.4, -0.2) is 49.5 Å². The van der Waals surface area contributed by atoms with Gasteiger partial charge in [0.15, 0.2) is 0 Å². The lowest BCUT2D eigenvalue weighted by atomic mass is 9.90. The normalized spacial score (nSPS) is 13.0. The first-order valence-corrected chi connectivity index (χ1v) is 8.05. The highest BCUT2D eigenvalue weighted by Gasteiger charge is 2.30. The third-order valence-electron chi connectivity index (χ3n) is 3.97. The minimum atomic E-state index is -0.930. The zero-order valence-electron chi connectivity index (χ0n) is 15.4. The SMILES string of the molecule is COc1cccc(NC(=O)CN(C)CC(=O)N[C@](C)(C#N)C(C)C)c1. The largest absolute Gasteiger partial charge is 0.497 e. The monoisotopic (exact) mass is 346 g/mol. The molecule has 0 saturated carbocycles. The van der Waals surface area contributed by atoms with Crippen LogP contribution in [0.25, 0.3) is 0 Å². The van der Waals surface area contributed by atoms with Crippen molar-refractivity contribution in [3.05, 3.63) is 24.3 Å². The molecule has 0 bridgehead atoms. The summed E-state index contributed by atoms with van der Waals surface area (Å²) in [6, 6.07) is 9.16. The van der Waals surface area contributed by atoms with Gasteiger partial charge in [0.05, 0.1) is 26.3 Å². The molecular weight excluding hydrogens is 320 g/mol. The number of ether oxygens (including phenoxy) is 1. The Kier molecular flexibility index (Phi) is 7.40. The Labute approximate surface area is 148 Å². The molecule has 0 saturated heterocycles. The standard InChI is InChI=1S/C18H26N4O3/c1-13(2)18(3,12-19)21-17(24)11-22(4)10-16(23)20-14-7-6-8-15(9-14)25-5/h6-9,13H,10-11H2,1-5H3,(H,20,23)(H,21,24)/t18-/m1/s1. The first-order valence-electron chi connectivity index (χ1n) is 8.05. The molecule has 0 unspecified atom stereocenters. The molecule has 2 N–H and O–H groups in total. The van der Waals surface area contributed by atoms with E-state index >= 15 is 0 Å². The van der Waals surface area contributed by atoms with E-state index in [0.717, 1.165) is 0 Å². The fraction of sp³-hybridized carbons (Fsp3) is 0.500. The van der Waals surface area contributed by atoms with E-state index in [0.29, 0.717) is 11.4 Å². The van der Waals surface area contributed by atoms with E-state index in [4.69, 9.17) is 4.74 Å². The van der Waals surface area contributed by atoms with Gasteiger partial charge in [0.2, 0.25) is 11.8 Å². The summed E-state index contributed by atoms with van der Waals surface area (Å²) in [4.78, 5) is 25.8. The lowest BCUT2D eigenvalue weighted by Crippen LogP contribution is -2.51. The van der Waals surface area contributed by atoms with Gasteiger partial charge in [-0.25, -0.2) is 0 Å². The Hall–Kier alpha value is -2.59.